The molecule has 28 heavy (non-hydrogen) atoms. The predicted octanol–water partition coefficient (Wildman–Crippen LogP) is 3.15. The Bertz CT molecular complexity index is 737. The van der Waals surface area contributed by atoms with Gasteiger partial charge >= 0.3 is 0 Å². The first-order chi connectivity index (χ1) is 13.6. The molecule has 0 aliphatic carbocycles. The molecular formula is C23H31N3O2. The highest BCUT2D eigenvalue weighted by Gasteiger charge is 2.11. The van der Waals surface area contributed by atoms with Gasteiger partial charge < -0.3 is 10.1 Å². The quantitative estimate of drug-likeness (QED) is 0.763. The van der Waals surface area contributed by atoms with Gasteiger partial charge in [0.2, 0.25) is 5.91 Å². The smallest absolute Gasteiger partial charge is 0.238 e. The summed E-state index contributed by atoms with van der Waals surface area (Å²) < 4.78 is 5.39. The van der Waals surface area contributed by atoms with Crippen molar-refractivity contribution in [2.45, 2.75) is 26.4 Å². The van der Waals surface area contributed by atoms with E-state index in [0.29, 0.717) is 6.54 Å². The Balaban J connectivity index is 1.44. The number of morpholine rings is 1. The highest BCUT2D eigenvalue weighted by molar-refractivity contribution is 5.92. The Hall–Kier alpha value is -2.21. The van der Waals surface area contributed by atoms with Crippen molar-refractivity contribution in [1.82, 2.24) is 9.80 Å². The van der Waals surface area contributed by atoms with E-state index in [9.17, 15) is 4.79 Å². The van der Waals surface area contributed by atoms with Crippen molar-refractivity contribution in [2.24, 2.45) is 0 Å². The van der Waals surface area contributed by atoms with Crippen LogP contribution in [0.2, 0.25) is 0 Å². The molecular weight excluding hydrogens is 350 g/mol. The predicted molar refractivity (Wildman–Crippen MR) is 113 cm³/mol. The number of nitrogens with zero attached hydrogens (tertiary/aromatic N) is 2. The van der Waals surface area contributed by atoms with Crippen molar-refractivity contribution >= 4 is 11.6 Å². The van der Waals surface area contributed by atoms with Crippen molar-refractivity contribution in [2.75, 3.05) is 45.2 Å². The summed E-state index contributed by atoms with van der Waals surface area (Å²) in [5, 5.41) is 2.99. The lowest BCUT2D eigenvalue weighted by Crippen LogP contribution is -2.35. The fraction of sp³-hybridized carbons (Fsp3) is 0.435. The summed E-state index contributed by atoms with van der Waals surface area (Å²) in [6, 6.07) is 16.7. The summed E-state index contributed by atoms with van der Waals surface area (Å²) in [5.41, 5.74) is 4.66. The van der Waals surface area contributed by atoms with E-state index >= 15 is 0 Å². The van der Waals surface area contributed by atoms with Crippen LogP contribution < -0.4 is 5.32 Å². The van der Waals surface area contributed by atoms with Gasteiger partial charge in [0.25, 0.3) is 0 Å². The maximum atomic E-state index is 12.3. The molecule has 0 saturated carbocycles. The second kappa shape index (κ2) is 10.4. The molecule has 1 aliphatic heterocycles. The molecule has 0 unspecified atom stereocenters. The Kier molecular flexibility index (Phi) is 7.60. The average Bonchev–Trinajstić information content (AvgIpc) is 2.70. The van der Waals surface area contributed by atoms with Crippen LogP contribution in [0.15, 0.2) is 48.5 Å². The van der Waals surface area contributed by atoms with E-state index in [-0.39, 0.29) is 5.91 Å². The van der Waals surface area contributed by atoms with Crippen LogP contribution in [0, 0.1) is 0 Å². The molecule has 5 nitrogen and oxygen atoms in total. The van der Waals surface area contributed by atoms with E-state index in [0.717, 1.165) is 51.5 Å². The monoisotopic (exact) mass is 381 g/mol. The zero-order chi connectivity index (χ0) is 19.8. The molecule has 0 bridgehead atoms. The van der Waals surface area contributed by atoms with Gasteiger partial charge in [-0.25, -0.2) is 0 Å². The van der Waals surface area contributed by atoms with Crippen molar-refractivity contribution < 1.29 is 9.53 Å². The molecule has 150 valence electrons. The fourth-order valence-electron chi connectivity index (χ4n) is 3.40. The maximum absolute atomic E-state index is 12.3. The molecule has 1 fully saturated rings. The molecule has 1 aliphatic rings. The van der Waals surface area contributed by atoms with E-state index in [1.165, 1.54) is 16.7 Å². The Morgan fingerprint density at radius 3 is 2.25 bits per heavy atom. The number of hydrogen-bond acceptors (Lipinski definition) is 4. The summed E-state index contributed by atoms with van der Waals surface area (Å²) >= 11 is 0. The first-order valence-electron chi connectivity index (χ1n) is 10.1. The summed E-state index contributed by atoms with van der Waals surface area (Å²) in [5.74, 6) is 0.00797. The highest BCUT2D eigenvalue weighted by Crippen LogP contribution is 2.13. The minimum Gasteiger partial charge on any atom is -0.379 e. The largest absolute Gasteiger partial charge is 0.379 e. The zero-order valence-corrected chi connectivity index (χ0v) is 17.0. The molecule has 5 heteroatoms. The van der Waals surface area contributed by atoms with Gasteiger partial charge in [-0.1, -0.05) is 43.3 Å². The number of ether oxygens (including phenoxy) is 1. The number of hydrogen-bond donors (Lipinski definition) is 1. The third-order valence-electron chi connectivity index (χ3n) is 5.04. The van der Waals surface area contributed by atoms with Gasteiger partial charge in [0.15, 0.2) is 0 Å². The molecule has 1 heterocycles. The molecule has 2 aromatic carbocycles. The number of aryl methyl sites for hydroxylation is 1. The average molecular weight is 382 g/mol. The van der Waals surface area contributed by atoms with Crippen molar-refractivity contribution in [1.29, 1.82) is 0 Å². The minimum absolute atomic E-state index is 0.00797. The van der Waals surface area contributed by atoms with Crippen LogP contribution in [-0.2, 0) is 29.0 Å². The molecule has 1 saturated heterocycles. The van der Waals surface area contributed by atoms with Gasteiger partial charge in [-0.15, -0.1) is 0 Å². The first-order valence-corrected chi connectivity index (χ1v) is 10.1. The first kappa shape index (κ1) is 20.5. The van der Waals surface area contributed by atoms with Crippen LogP contribution in [0.3, 0.4) is 0 Å². The van der Waals surface area contributed by atoms with Gasteiger partial charge in [0, 0.05) is 31.9 Å². The lowest BCUT2D eigenvalue weighted by atomic mass is 10.1. The third-order valence-corrected chi connectivity index (χ3v) is 5.04. The van der Waals surface area contributed by atoms with E-state index < -0.39 is 0 Å². The third kappa shape index (κ3) is 6.44. The zero-order valence-electron chi connectivity index (χ0n) is 17.0. The van der Waals surface area contributed by atoms with Crippen LogP contribution in [0.4, 0.5) is 5.69 Å². The van der Waals surface area contributed by atoms with Gasteiger partial charge in [0.1, 0.15) is 0 Å². The van der Waals surface area contributed by atoms with Crippen molar-refractivity contribution in [3.05, 3.63) is 65.2 Å². The molecule has 1 amide bonds. The lowest BCUT2D eigenvalue weighted by molar-refractivity contribution is -0.117. The molecule has 0 aromatic heterocycles. The second-order valence-corrected chi connectivity index (χ2v) is 7.48. The Morgan fingerprint density at radius 1 is 1.00 bits per heavy atom. The Morgan fingerprint density at radius 2 is 1.61 bits per heavy atom. The number of carbonyl (C=O) groups is 1. The number of benzene rings is 2. The minimum atomic E-state index is 0.00797. The normalized spacial score (nSPS) is 15.0. The van der Waals surface area contributed by atoms with E-state index in [1.807, 2.05) is 24.1 Å². The van der Waals surface area contributed by atoms with E-state index in [1.54, 1.807) is 0 Å². The van der Waals surface area contributed by atoms with Crippen LogP contribution in [0.1, 0.15) is 23.6 Å². The second-order valence-electron chi connectivity index (χ2n) is 7.48. The van der Waals surface area contributed by atoms with Crippen molar-refractivity contribution in [3.63, 3.8) is 0 Å². The summed E-state index contributed by atoms with van der Waals surface area (Å²) in [4.78, 5) is 16.8. The van der Waals surface area contributed by atoms with Gasteiger partial charge in [-0.05, 0) is 42.3 Å². The number of amides is 1. The van der Waals surface area contributed by atoms with E-state index in [2.05, 4.69) is 53.5 Å². The molecule has 0 spiro atoms. The number of likely N-dealkylation sites (N-methyl/N-ethyl adjacent to an activating group) is 1. The highest BCUT2D eigenvalue weighted by atomic mass is 16.5. The number of carbonyl (C=O) groups excluding carboxylic acids is 1. The molecule has 0 atom stereocenters. The molecule has 0 radical (unpaired) electrons. The lowest BCUT2D eigenvalue weighted by Gasteiger charge is -2.26. The van der Waals surface area contributed by atoms with Crippen LogP contribution in [0.5, 0.6) is 0 Å². The van der Waals surface area contributed by atoms with Crippen LogP contribution >= 0.6 is 0 Å². The molecule has 3 rings (SSSR count). The standard InChI is InChI=1S/C23H31N3O2/c1-3-19-4-6-20(7-5-19)16-25(2)18-23(27)24-22-10-8-21(9-11-22)17-26-12-14-28-15-13-26/h4-11H,3,12-18H2,1-2H3,(H,24,27). The van der Waals surface area contributed by atoms with Gasteiger partial charge in [-0.3, -0.25) is 14.6 Å². The summed E-state index contributed by atoms with van der Waals surface area (Å²) in [6.07, 6.45) is 1.05. The molecule has 2 aromatic rings. The summed E-state index contributed by atoms with van der Waals surface area (Å²) in [7, 11) is 1.97. The maximum Gasteiger partial charge on any atom is 0.238 e. The van der Waals surface area contributed by atoms with Crippen LogP contribution in [0.25, 0.3) is 0 Å². The van der Waals surface area contributed by atoms with Crippen LogP contribution in [-0.4, -0.2) is 55.6 Å². The van der Waals surface area contributed by atoms with Crippen molar-refractivity contribution in [3.8, 4) is 0 Å². The Labute approximate surface area is 168 Å². The SMILES string of the molecule is CCc1ccc(CN(C)CC(=O)Nc2ccc(CN3CCOCC3)cc2)cc1. The topological polar surface area (TPSA) is 44.8 Å². The summed E-state index contributed by atoms with van der Waals surface area (Å²) in [6.45, 7) is 7.78. The van der Waals surface area contributed by atoms with Gasteiger partial charge in [0.05, 0.1) is 19.8 Å². The fourth-order valence-corrected chi connectivity index (χ4v) is 3.40. The molecule has 1 N–H and O–H groups in total. The van der Waals surface area contributed by atoms with Gasteiger partial charge in [-0.2, -0.15) is 0 Å². The number of nitrogens with one attached hydrogen (secondary N) is 1. The van der Waals surface area contributed by atoms with E-state index in [4.69, 9.17) is 4.74 Å². The number of rotatable bonds is 8. The number of anilines is 1.